The molecule has 188 valence electrons. The first kappa shape index (κ1) is 23.7. The summed E-state index contributed by atoms with van der Waals surface area (Å²) in [4.78, 5) is 39.7. The Labute approximate surface area is 209 Å². The van der Waals surface area contributed by atoms with Crippen LogP contribution in [0.25, 0.3) is 0 Å². The van der Waals surface area contributed by atoms with E-state index in [2.05, 4.69) is 42.3 Å². The van der Waals surface area contributed by atoms with Gasteiger partial charge in [0.2, 0.25) is 5.88 Å². The van der Waals surface area contributed by atoms with Crippen LogP contribution in [0.15, 0.2) is 47.5 Å². The number of ether oxygens (including phenoxy) is 1. The van der Waals surface area contributed by atoms with E-state index in [1.54, 1.807) is 12.3 Å². The van der Waals surface area contributed by atoms with Crippen LogP contribution in [0.4, 0.5) is 28.4 Å². The summed E-state index contributed by atoms with van der Waals surface area (Å²) in [6.07, 6.45) is 3.18. The Bertz CT molecular complexity index is 1310. The minimum Gasteiger partial charge on any atom is -0.474 e. The van der Waals surface area contributed by atoms with Crippen LogP contribution in [0.5, 0.6) is 5.88 Å². The molecule has 2 aromatic heterocycles. The zero-order valence-corrected chi connectivity index (χ0v) is 20.8. The highest BCUT2D eigenvalue weighted by atomic mass is 16.5. The van der Waals surface area contributed by atoms with Crippen molar-refractivity contribution in [2.24, 2.45) is 0 Å². The molecule has 3 N–H and O–H groups in total. The predicted octanol–water partition coefficient (Wildman–Crippen LogP) is 2.65. The van der Waals surface area contributed by atoms with Gasteiger partial charge in [-0.15, -0.1) is 0 Å². The maximum absolute atomic E-state index is 13.2. The molecule has 36 heavy (non-hydrogen) atoms. The Morgan fingerprint density at radius 1 is 1.03 bits per heavy atom. The van der Waals surface area contributed by atoms with Crippen LogP contribution in [-0.4, -0.2) is 74.2 Å². The van der Waals surface area contributed by atoms with Crippen LogP contribution < -0.4 is 30.7 Å². The standard InChI is InChI=1S/C26H31N7O3/c1-17-21(16-28-26-23(17)32(3)14-15-36-26)30-20-8-9-27-24(34)22(20)25(35)29-18-4-6-19(7-5-18)33-12-10-31(2)11-13-33/h4-9,16H,10-15H2,1-3H3,(H,29,35)(H2,27,30,34). The first-order valence-corrected chi connectivity index (χ1v) is 12.1. The highest BCUT2D eigenvalue weighted by molar-refractivity contribution is 6.08. The number of hydrogen-bond acceptors (Lipinski definition) is 8. The monoisotopic (exact) mass is 489 g/mol. The normalized spacial score (nSPS) is 15.8. The van der Waals surface area contributed by atoms with Gasteiger partial charge in [0, 0.05) is 56.4 Å². The number of H-pyrrole nitrogens is 1. The molecule has 5 rings (SSSR count). The van der Waals surface area contributed by atoms with Crippen LogP contribution in [0.3, 0.4) is 0 Å². The molecule has 4 heterocycles. The summed E-state index contributed by atoms with van der Waals surface area (Å²) in [6, 6.07) is 9.39. The van der Waals surface area contributed by atoms with E-state index in [0.29, 0.717) is 29.5 Å². The molecule has 10 heteroatoms. The number of anilines is 5. The molecule has 0 bridgehead atoms. The molecule has 0 atom stereocenters. The Hall–Kier alpha value is -4.05. The maximum Gasteiger partial charge on any atom is 0.263 e. The molecule has 2 aliphatic rings. The fourth-order valence-electron chi connectivity index (χ4n) is 4.61. The Morgan fingerprint density at radius 2 is 1.78 bits per heavy atom. The van der Waals surface area contributed by atoms with Crippen LogP contribution >= 0.6 is 0 Å². The van der Waals surface area contributed by atoms with Gasteiger partial charge in [-0.1, -0.05) is 0 Å². The number of nitrogens with one attached hydrogen (secondary N) is 3. The van der Waals surface area contributed by atoms with Crippen molar-refractivity contribution in [2.75, 3.05) is 73.9 Å². The smallest absolute Gasteiger partial charge is 0.263 e. The summed E-state index contributed by atoms with van der Waals surface area (Å²) in [5, 5.41) is 6.10. The van der Waals surface area contributed by atoms with Gasteiger partial charge in [-0.2, -0.15) is 0 Å². The van der Waals surface area contributed by atoms with Gasteiger partial charge in [0.15, 0.2) is 0 Å². The number of rotatable bonds is 5. The summed E-state index contributed by atoms with van der Waals surface area (Å²) in [5.41, 5.74) is 4.17. The third-order valence-electron chi connectivity index (χ3n) is 6.77. The van der Waals surface area contributed by atoms with Crippen molar-refractivity contribution < 1.29 is 9.53 Å². The topological polar surface area (TPSA) is 106 Å². The number of carbonyl (C=O) groups is 1. The molecule has 10 nitrogen and oxygen atoms in total. The van der Waals surface area contributed by atoms with Crippen molar-refractivity contribution in [3.63, 3.8) is 0 Å². The van der Waals surface area contributed by atoms with Crippen molar-refractivity contribution in [1.29, 1.82) is 0 Å². The molecule has 0 unspecified atom stereocenters. The average Bonchev–Trinajstić information content (AvgIpc) is 2.87. The third kappa shape index (κ3) is 4.72. The minimum atomic E-state index is -0.490. The van der Waals surface area contributed by atoms with E-state index in [9.17, 15) is 9.59 Å². The van der Waals surface area contributed by atoms with Crippen molar-refractivity contribution in [3.8, 4) is 5.88 Å². The minimum absolute atomic E-state index is 0.00219. The lowest BCUT2D eigenvalue weighted by atomic mass is 10.1. The van der Waals surface area contributed by atoms with Crippen LogP contribution in [0.2, 0.25) is 0 Å². The van der Waals surface area contributed by atoms with Gasteiger partial charge in [-0.05, 0) is 44.3 Å². The van der Waals surface area contributed by atoms with E-state index in [-0.39, 0.29) is 5.56 Å². The van der Waals surface area contributed by atoms with Crippen LogP contribution in [0, 0.1) is 6.92 Å². The highest BCUT2D eigenvalue weighted by Crippen LogP contribution is 2.37. The summed E-state index contributed by atoms with van der Waals surface area (Å²) in [7, 11) is 4.11. The Balaban J connectivity index is 1.36. The number of nitrogens with zero attached hydrogens (tertiary/aromatic N) is 4. The van der Waals surface area contributed by atoms with Crippen molar-refractivity contribution >= 4 is 34.3 Å². The zero-order chi connectivity index (χ0) is 25.2. The van der Waals surface area contributed by atoms with E-state index < -0.39 is 11.5 Å². The predicted molar refractivity (Wildman–Crippen MR) is 142 cm³/mol. The molecule has 0 spiro atoms. The van der Waals surface area contributed by atoms with Crippen molar-refractivity contribution in [2.45, 2.75) is 6.92 Å². The molecular weight excluding hydrogens is 458 g/mol. The Morgan fingerprint density at radius 3 is 2.53 bits per heavy atom. The van der Waals surface area contributed by atoms with Gasteiger partial charge in [0.25, 0.3) is 11.5 Å². The molecule has 1 amide bonds. The number of piperazine rings is 1. The van der Waals surface area contributed by atoms with Crippen LogP contribution in [-0.2, 0) is 0 Å². The molecule has 1 fully saturated rings. The van der Waals surface area contributed by atoms with Gasteiger partial charge in [0.1, 0.15) is 17.9 Å². The van der Waals surface area contributed by atoms with E-state index in [0.717, 1.165) is 49.7 Å². The SMILES string of the molecule is Cc1c(Nc2cc[nH]c(=O)c2C(=O)Nc2ccc(N3CCN(C)CC3)cc2)cnc2c1N(C)CCO2. The lowest BCUT2D eigenvalue weighted by Crippen LogP contribution is -2.44. The number of aromatic amines is 1. The second kappa shape index (κ2) is 9.90. The zero-order valence-electron chi connectivity index (χ0n) is 20.8. The second-order valence-corrected chi connectivity index (χ2v) is 9.23. The summed E-state index contributed by atoms with van der Waals surface area (Å²) in [5.74, 6) is 0.0893. The summed E-state index contributed by atoms with van der Waals surface area (Å²) in [6.45, 7) is 7.28. The molecule has 0 radical (unpaired) electrons. The third-order valence-corrected chi connectivity index (χ3v) is 6.77. The van der Waals surface area contributed by atoms with Gasteiger partial charge in [0.05, 0.1) is 24.1 Å². The van der Waals surface area contributed by atoms with E-state index in [1.807, 2.05) is 38.2 Å². The molecule has 3 aromatic rings. The highest BCUT2D eigenvalue weighted by Gasteiger charge is 2.23. The quantitative estimate of drug-likeness (QED) is 0.502. The lowest BCUT2D eigenvalue weighted by molar-refractivity contribution is 0.102. The van der Waals surface area contributed by atoms with Crippen molar-refractivity contribution in [3.05, 3.63) is 64.2 Å². The fraction of sp³-hybridized carbons (Fsp3) is 0.346. The number of benzene rings is 1. The van der Waals surface area contributed by atoms with Gasteiger partial charge in [-0.25, -0.2) is 4.98 Å². The summed E-state index contributed by atoms with van der Waals surface area (Å²) < 4.78 is 5.67. The molecule has 1 saturated heterocycles. The number of aromatic nitrogens is 2. The molecular formula is C26H31N7O3. The molecule has 0 aliphatic carbocycles. The maximum atomic E-state index is 13.2. The van der Waals surface area contributed by atoms with Gasteiger partial charge >= 0.3 is 0 Å². The van der Waals surface area contributed by atoms with Crippen LogP contribution in [0.1, 0.15) is 15.9 Å². The van der Waals surface area contributed by atoms with Crippen molar-refractivity contribution in [1.82, 2.24) is 14.9 Å². The second-order valence-electron chi connectivity index (χ2n) is 9.23. The van der Waals surface area contributed by atoms with E-state index >= 15 is 0 Å². The number of likely N-dealkylation sites (N-methyl/N-ethyl adjacent to an activating group) is 2. The number of fused-ring (bicyclic) bond motifs is 1. The number of hydrogen-bond donors (Lipinski definition) is 3. The average molecular weight is 490 g/mol. The molecule has 0 saturated carbocycles. The number of carbonyl (C=O) groups excluding carboxylic acids is 1. The van der Waals surface area contributed by atoms with E-state index in [1.165, 1.54) is 6.20 Å². The Kier molecular flexibility index (Phi) is 6.51. The first-order valence-electron chi connectivity index (χ1n) is 12.1. The summed E-state index contributed by atoms with van der Waals surface area (Å²) >= 11 is 0. The lowest BCUT2D eigenvalue weighted by Gasteiger charge is -2.34. The number of amides is 1. The van der Waals surface area contributed by atoms with Gasteiger partial charge in [-0.3, -0.25) is 9.59 Å². The van der Waals surface area contributed by atoms with E-state index in [4.69, 9.17) is 4.74 Å². The van der Waals surface area contributed by atoms with Gasteiger partial charge < -0.3 is 35.1 Å². The number of pyridine rings is 2. The first-order chi connectivity index (χ1) is 17.4. The molecule has 1 aromatic carbocycles. The largest absolute Gasteiger partial charge is 0.474 e. The molecule has 2 aliphatic heterocycles. The fourth-order valence-corrected chi connectivity index (χ4v) is 4.61.